The predicted octanol–water partition coefficient (Wildman–Crippen LogP) is 4.29. The maximum absolute atomic E-state index is 12.3. The molecule has 0 saturated heterocycles. The summed E-state index contributed by atoms with van der Waals surface area (Å²) in [6.07, 6.45) is 0. The first-order valence-electron chi connectivity index (χ1n) is 5.79. The summed E-state index contributed by atoms with van der Waals surface area (Å²) >= 11 is 34.1. The molecule has 0 fully saturated rings. The third-order valence-corrected chi connectivity index (χ3v) is 4.35. The summed E-state index contributed by atoms with van der Waals surface area (Å²) in [6, 6.07) is 7.62. The molecule has 0 unspecified atom stereocenters. The van der Waals surface area contributed by atoms with Gasteiger partial charge in [-0.25, -0.2) is 4.98 Å². The highest BCUT2D eigenvalue weighted by Gasteiger charge is 2.36. The molecule has 1 heterocycles. The molecule has 130 valence electrons. The highest BCUT2D eigenvalue weighted by molar-refractivity contribution is 7.86. The molecule has 0 saturated carbocycles. The number of benzene rings is 1. The van der Waals surface area contributed by atoms with E-state index >= 15 is 0 Å². The molecule has 0 amide bonds. The lowest BCUT2D eigenvalue weighted by molar-refractivity contribution is 0.474. The van der Waals surface area contributed by atoms with Crippen molar-refractivity contribution in [2.24, 2.45) is 0 Å². The van der Waals surface area contributed by atoms with Crippen LogP contribution >= 0.6 is 69.6 Å². The predicted molar refractivity (Wildman–Crippen MR) is 92.6 cm³/mol. The Labute approximate surface area is 167 Å². The van der Waals surface area contributed by atoms with E-state index in [1.54, 1.807) is 18.2 Å². The van der Waals surface area contributed by atoms with E-state index in [4.69, 9.17) is 73.8 Å². The average molecular weight is 472 g/mol. The van der Waals surface area contributed by atoms with Gasteiger partial charge in [0.15, 0.2) is 11.6 Å². The van der Waals surface area contributed by atoms with Gasteiger partial charge < -0.3 is 4.18 Å². The second-order valence-electron chi connectivity index (χ2n) is 4.11. The molecule has 0 N–H and O–H groups in total. The topological polar surface area (TPSA) is 82.0 Å². The minimum absolute atomic E-state index is 0.0174. The van der Waals surface area contributed by atoms with Crippen LogP contribution in [0.5, 0.6) is 5.75 Å². The maximum atomic E-state index is 12.3. The molecule has 1 aromatic heterocycles. The molecule has 0 spiro atoms. The first kappa shape index (κ1) is 20.0. The second kappa shape index (κ2) is 7.15. The quantitative estimate of drug-likeness (QED) is 0.490. The standard InChI is InChI=1S/C11H5Cl6N3O3S/c12-10(13,14)7-18-8(11(15,16)17)20-9(19-7)24(21,22)23-6-4-2-1-3-5-6/h1-5H. The van der Waals surface area contributed by atoms with Crippen molar-refractivity contribution in [3.8, 4) is 5.75 Å². The van der Waals surface area contributed by atoms with Crippen molar-refractivity contribution < 1.29 is 12.6 Å². The third kappa shape index (κ3) is 5.11. The first-order valence-corrected chi connectivity index (χ1v) is 9.47. The highest BCUT2D eigenvalue weighted by Crippen LogP contribution is 2.40. The molecule has 0 aliphatic rings. The van der Waals surface area contributed by atoms with E-state index < -0.39 is 34.5 Å². The van der Waals surface area contributed by atoms with E-state index in [1.807, 2.05) is 0 Å². The molecular weight excluding hydrogens is 467 g/mol. The van der Waals surface area contributed by atoms with Crippen molar-refractivity contribution in [1.82, 2.24) is 15.0 Å². The minimum Gasteiger partial charge on any atom is -0.377 e. The molecule has 0 radical (unpaired) electrons. The van der Waals surface area contributed by atoms with Crippen LogP contribution in [0.3, 0.4) is 0 Å². The molecule has 13 heteroatoms. The molecular formula is C11H5Cl6N3O3S. The van der Waals surface area contributed by atoms with Gasteiger partial charge in [0.2, 0.25) is 7.59 Å². The van der Waals surface area contributed by atoms with Crippen molar-refractivity contribution in [3.05, 3.63) is 42.0 Å². The van der Waals surface area contributed by atoms with E-state index in [1.165, 1.54) is 12.1 Å². The molecule has 2 aromatic rings. The zero-order valence-corrected chi connectivity index (χ0v) is 16.5. The molecule has 2 rings (SSSR count). The van der Waals surface area contributed by atoms with Gasteiger partial charge in [-0.3, -0.25) is 0 Å². The Morgan fingerprint density at radius 1 is 0.792 bits per heavy atom. The van der Waals surface area contributed by atoms with Crippen LogP contribution in [0, 0.1) is 0 Å². The van der Waals surface area contributed by atoms with Crippen LogP contribution in [0.2, 0.25) is 0 Å². The van der Waals surface area contributed by atoms with Gasteiger partial charge in [0.25, 0.3) is 5.16 Å². The van der Waals surface area contributed by atoms with Crippen LogP contribution in [-0.4, -0.2) is 23.4 Å². The summed E-state index contributed by atoms with van der Waals surface area (Å²) in [5.41, 5.74) is 0. The lowest BCUT2D eigenvalue weighted by Crippen LogP contribution is -2.22. The minimum atomic E-state index is -4.49. The zero-order chi connectivity index (χ0) is 18.2. The summed E-state index contributed by atoms with van der Waals surface area (Å²) < 4.78 is 25.2. The van der Waals surface area contributed by atoms with Gasteiger partial charge in [0.05, 0.1) is 0 Å². The van der Waals surface area contributed by atoms with E-state index in [0.717, 1.165) is 0 Å². The van der Waals surface area contributed by atoms with E-state index in [0.29, 0.717) is 0 Å². The fourth-order valence-electron chi connectivity index (χ4n) is 1.36. The Morgan fingerprint density at radius 2 is 1.25 bits per heavy atom. The van der Waals surface area contributed by atoms with Crippen molar-refractivity contribution in [2.45, 2.75) is 12.7 Å². The lowest BCUT2D eigenvalue weighted by atomic mass is 10.3. The van der Waals surface area contributed by atoms with Gasteiger partial charge in [-0.2, -0.15) is 18.4 Å². The molecule has 0 bridgehead atoms. The fraction of sp³-hybridized carbons (Fsp3) is 0.182. The average Bonchev–Trinajstić information content (AvgIpc) is 2.45. The molecule has 0 aliphatic carbocycles. The van der Waals surface area contributed by atoms with Crippen molar-refractivity contribution >= 4 is 79.7 Å². The van der Waals surface area contributed by atoms with Gasteiger partial charge in [-0.05, 0) is 12.1 Å². The van der Waals surface area contributed by atoms with E-state index in [-0.39, 0.29) is 5.75 Å². The number of para-hydroxylation sites is 1. The second-order valence-corrected chi connectivity index (χ2v) is 10.1. The van der Waals surface area contributed by atoms with Gasteiger partial charge in [-0.1, -0.05) is 87.8 Å². The van der Waals surface area contributed by atoms with Crippen LogP contribution in [0.15, 0.2) is 35.5 Å². The van der Waals surface area contributed by atoms with Gasteiger partial charge in [0.1, 0.15) is 5.75 Å². The van der Waals surface area contributed by atoms with Crippen molar-refractivity contribution in [1.29, 1.82) is 0 Å². The molecule has 6 nitrogen and oxygen atoms in total. The monoisotopic (exact) mass is 469 g/mol. The summed E-state index contributed by atoms with van der Waals surface area (Å²) in [6.45, 7) is 0. The number of hydrogen-bond acceptors (Lipinski definition) is 6. The zero-order valence-electron chi connectivity index (χ0n) is 11.1. The Bertz CT molecular complexity index is 804. The van der Waals surface area contributed by atoms with Gasteiger partial charge >= 0.3 is 10.1 Å². The van der Waals surface area contributed by atoms with Gasteiger partial charge in [0, 0.05) is 0 Å². The number of rotatable bonds is 3. The molecule has 0 atom stereocenters. The Kier molecular flexibility index (Phi) is 5.97. The van der Waals surface area contributed by atoms with Crippen LogP contribution in [0.1, 0.15) is 11.6 Å². The van der Waals surface area contributed by atoms with Crippen LogP contribution in [0.4, 0.5) is 0 Å². The highest BCUT2D eigenvalue weighted by atomic mass is 35.6. The van der Waals surface area contributed by atoms with E-state index in [2.05, 4.69) is 15.0 Å². The van der Waals surface area contributed by atoms with Crippen LogP contribution in [0.25, 0.3) is 0 Å². The molecule has 1 aromatic carbocycles. The summed E-state index contributed by atoms with van der Waals surface area (Å²) in [7, 11) is -4.49. The Balaban J connectivity index is 2.56. The molecule has 24 heavy (non-hydrogen) atoms. The number of aromatic nitrogens is 3. The number of hydrogen-bond donors (Lipinski definition) is 0. The first-order chi connectivity index (χ1) is 10.9. The fourth-order valence-corrected chi connectivity index (χ4v) is 2.70. The smallest absolute Gasteiger partial charge is 0.375 e. The summed E-state index contributed by atoms with van der Waals surface area (Å²) in [4.78, 5) is 10.8. The third-order valence-electron chi connectivity index (χ3n) is 2.29. The maximum Gasteiger partial charge on any atom is 0.375 e. The lowest BCUT2D eigenvalue weighted by Gasteiger charge is -2.15. The normalized spacial score (nSPS) is 12.9. The Morgan fingerprint density at radius 3 is 1.67 bits per heavy atom. The van der Waals surface area contributed by atoms with Crippen molar-refractivity contribution in [3.63, 3.8) is 0 Å². The number of nitrogens with zero attached hydrogens (tertiary/aromatic N) is 3. The van der Waals surface area contributed by atoms with Crippen LogP contribution in [-0.2, 0) is 17.7 Å². The summed E-state index contributed by atoms with van der Waals surface area (Å²) in [5, 5.41) is -0.871. The summed E-state index contributed by atoms with van der Waals surface area (Å²) in [5.74, 6) is -1.07. The van der Waals surface area contributed by atoms with Gasteiger partial charge in [-0.15, -0.1) is 0 Å². The SMILES string of the molecule is O=S(=O)(Oc1ccccc1)c1nc(C(Cl)(Cl)Cl)nc(C(Cl)(Cl)Cl)n1. The van der Waals surface area contributed by atoms with E-state index in [9.17, 15) is 8.42 Å². The number of halogens is 6. The Hall–Kier alpha value is -0.280. The van der Waals surface area contributed by atoms with Crippen LogP contribution < -0.4 is 4.18 Å². The largest absolute Gasteiger partial charge is 0.377 e. The number of alkyl halides is 6. The molecule has 0 aliphatic heterocycles. The van der Waals surface area contributed by atoms with Crippen molar-refractivity contribution in [2.75, 3.05) is 0 Å².